The molecule has 0 aromatic heterocycles. The van der Waals surface area contributed by atoms with E-state index < -0.39 is 6.09 Å². The van der Waals surface area contributed by atoms with Crippen LogP contribution in [0.25, 0.3) is 0 Å². The predicted octanol–water partition coefficient (Wildman–Crippen LogP) is 1.50. The van der Waals surface area contributed by atoms with E-state index >= 15 is 0 Å². The molecule has 4 heteroatoms. The first kappa shape index (κ1) is 9.64. The summed E-state index contributed by atoms with van der Waals surface area (Å²) in [6, 6.07) is -0.0741. The molecule has 0 fully saturated rings. The largest absolute Gasteiger partial charge is 0.508 e. The van der Waals surface area contributed by atoms with Crippen LogP contribution in [-0.4, -0.2) is 23.8 Å². The standard InChI is InChI=1S/C9H13NO3/c1-2-13-9(12)10-7-3-5-8(11)6-4-7/h3,5-7,11H,2,4H2,1H3,(H,10,12). The van der Waals surface area contributed by atoms with Gasteiger partial charge in [-0.2, -0.15) is 0 Å². The second-order valence-electron chi connectivity index (χ2n) is 2.70. The van der Waals surface area contributed by atoms with Crippen molar-refractivity contribution in [1.29, 1.82) is 0 Å². The first-order valence-electron chi connectivity index (χ1n) is 4.23. The maximum atomic E-state index is 10.9. The Kier molecular flexibility index (Phi) is 3.37. The highest BCUT2D eigenvalue weighted by molar-refractivity contribution is 5.68. The summed E-state index contributed by atoms with van der Waals surface area (Å²) in [6.07, 6.45) is 5.11. The number of carbonyl (C=O) groups is 1. The topological polar surface area (TPSA) is 58.6 Å². The van der Waals surface area contributed by atoms with Crippen molar-refractivity contribution >= 4 is 6.09 Å². The van der Waals surface area contributed by atoms with Crippen molar-refractivity contribution in [3.05, 3.63) is 24.0 Å². The van der Waals surface area contributed by atoms with Gasteiger partial charge in [0.2, 0.25) is 0 Å². The number of aliphatic hydroxyl groups is 1. The normalized spacial score (nSPS) is 20.7. The van der Waals surface area contributed by atoms with E-state index in [1.54, 1.807) is 25.2 Å². The number of aliphatic hydroxyl groups excluding tert-OH is 1. The molecule has 0 saturated heterocycles. The van der Waals surface area contributed by atoms with E-state index in [1.165, 1.54) is 0 Å². The van der Waals surface area contributed by atoms with Crippen LogP contribution >= 0.6 is 0 Å². The molecule has 13 heavy (non-hydrogen) atoms. The molecule has 0 heterocycles. The number of nitrogens with one attached hydrogen (secondary N) is 1. The monoisotopic (exact) mass is 183 g/mol. The quantitative estimate of drug-likeness (QED) is 0.682. The van der Waals surface area contributed by atoms with Gasteiger partial charge >= 0.3 is 6.09 Å². The Hall–Kier alpha value is -1.45. The molecule has 0 aliphatic heterocycles. The van der Waals surface area contributed by atoms with Crippen molar-refractivity contribution < 1.29 is 14.6 Å². The number of ether oxygens (including phenoxy) is 1. The van der Waals surface area contributed by atoms with Gasteiger partial charge in [0.25, 0.3) is 0 Å². The van der Waals surface area contributed by atoms with Crippen LogP contribution in [0.5, 0.6) is 0 Å². The van der Waals surface area contributed by atoms with Crippen LogP contribution in [-0.2, 0) is 4.74 Å². The van der Waals surface area contributed by atoms with E-state index in [4.69, 9.17) is 9.84 Å². The van der Waals surface area contributed by atoms with Crippen LogP contribution in [0.15, 0.2) is 24.0 Å². The molecule has 0 saturated carbocycles. The van der Waals surface area contributed by atoms with E-state index in [2.05, 4.69) is 5.32 Å². The molecule has 1 aliphatic carbocycles. The van der Waals surface area contributed by atoms with E-state index in [9.17, 15) is 4.79 Å². The average Bonchev–Trinajstić information content (AvgIpc) is 2.09. The molecule has 1 rings (SSSR count). The van der Waals surface area contributed by atoms with Gasteiger partial charge in [-0.15, -0.1) is 0 Å². The van der Waals surface area contributed by atoms with E-state index in [1.807, 2.05) is 0 Å². The highest BCUT2D eigenvalue weighted by Gasteiger charge is 2.11. The van der Waals surface area contributed by atoms with Gasteiger partial charge in [0.05, 0.1) is 12.6 Å². The summed E-state index contributed by atoms with van der Waals surface area (Å²) in [7, 11) is 0. The molecule has 0 aromatic rings. The Balaban J connectivity index is 2.32. The molecule has 1 aliphatic rings. The fourth-order valence-electron chi connectivity index (χ4n) is 1.04. The van der Waals surface area contributed by atoms with Crippen molar-refractivity contribution in [2.75, 3.05) is 6.61 Å². The molecular weight excluding hydrogens is 170 g/mol. The minimum Gasteiger partial charge on any atom is -0.508 e. The van der Waals surface area contributed by atoms with Crippen LogP contribution in [0, 0.1) is 0 Å². The number of amides is 1. The minimum atomic E-state index is -0.424. The van der Waals surface area contributed by atoms with E-state index in [-0.39, 0.29) is 11.8 Å². The molecule has 0 bridgehead atoms. The Morgan fingerprint density at radius 3 is 3.15 bits per heavy atom. The number of alkyl carbamates (subject to hydrolysis) is 1. The lowest BCUT2D eigenvalue weighted by atomic mass is 10.1. The third kappa shape index (κ3) is 3.19. The number of hydrogen-bond acceptors (Lipinski definition) is 3. The summed E-state index contributed by atoms with van der Waals surface area (Å²) >= 11 is 0. The Morgan fingerprint density at radius 1 is 1.85 bits per heavy atom. The smallest absolute Gasteiger partial charge is 0.407 e. The van der Waals surface area contributed by atoms with Gasteiger partial charge in [-0.05, 0) is 25.5 Å². The molecule has 1 unspecified atom stereocenters. The van der Waals surface area contributed by atoms with Crippen molar-refractivity contribution in [2.45, 2.75) is 19.4 Å². The van der Waals surface area contributed by atoms with Crippen LogP contribution < -0.4 is 5.32 Å². The molecule has 0 aromatic carbocycles. The van der Waals surface area contributed by atoms with Gasteiger partial charge in [0.15, 0.2) is 0 Å². The SMILES string of the molecule is CCOC(=O)NC1C=CC(O)=CC1. The van der Waals surface area contributed by atoms with E-state index in [0.717, 1.165) is 0 Å². The molecular formula is C9H13NO3. The lowest BCUT2D eigenvalue weighted by Crippen LogP contribution is -2.34. The fraction of sp³-hybridized carbons (Fsp3) is 0.444. The molecule has 1 atom stereocenters. The number of carbonyl (C=O) groups excluding carboxylic acids is 1. The molecule has 4 nitrogen and oxygen atoms in total. The molecule has 0 spiro atoms. The molecule has 2 N–H and O–H groups in total. The van der Waals surface area contributed by atoms with Gasteiger partial charge in [-0.3, -0.25) is 0 Å². The van der Waals surface area contributed by atoms with Crippen LogP contribution in [0.1, 0.15) is 13.3 Å². The number of hydrogen-bond donors (Lipinski definition) is 2. The number of rotatable bonds is 2. The van der Waals surface area contributed by atoms with Crippen LogP contribution in [0.3, 0.4) is 0 Å². The van der Waals surface area contributed by atoms with Gasteiger partial charge in [-0.1, -0.05) is 6.08 Å². The lowest BCUT2D eigenvalue weighted by Gasteiger charge is -2.15. The third-order valence-corrected chi connectivity index (χ3v) is 1.66. The van der Waals surface area contributed by atoms with Gasteiger partial charge in [0, 0.05) is 0 Å². The van der Waals surface area contributed by atoms with Crippen LogP contribution in [0.2, 0.25) is 0 Å². The van der Waals surface area contributed by atoms with Gasteiger partial charge in [0.1, 0.15) is 5.76 Å². The molecule has 1 amide bonds. The summed E-state index contributed by atoms with van der Waals surface area (Å²) < 4.78 is 4.70. The van der Waals surface area contributed by atoms with Crippen molar-refractivity contribution in [1.82, 2.24) is 5.32 Å². The zero-order chi connectivity index (χ0) is 9.68. The fourth-order valence-corrected chi connectivity index (χ4v) is 1.04. The third-order valence-electron chi connectivity index (χ3n) is 1.66. The summed E-state index contributed by atoms with van der Waals surface area (Å²) in [5.74, 6) is 0.238. The maximum Gasteiger partial charge on any atom is 0.407 e. The summed E-state index contributed by atoms with van der Waals surface area (Å²) in [5.41, 5.74) is 0. The van der Waals surface area contributed by atoms with Crippen molar-refractivity contribution in [2.24, 2.45) is 0 Å². The zero-order valence-electron chi connectivity index (χ0n) is 7.49. The highest BCUT2D eigenvalue weighted by Crippen LogP contribution is 2.07. The Morgan fingerprint density at radius 2 is 2.62 bits per heavy atom. The van der Waals surface area contributed by atoms with Crippen LogP contribution in [0.4, 0.5) is 4.79 Å². The first-order chi connectivity index (χ1) is 6.22. The maximum absolute atomic E-state index is 10.9. The zero-order valence-corrected chi connectivity index (χ0v) is 7.49. The Bertz CT molecular complexity index is 245. The lowest BCUT2D eigenvalue weighted by molar-refractivity contribution is 0.150. The van der Waals surface area contributed by atoms with Crippen molar-refractivity contribution in [3.8, 4) is 0 Å². The second kappa shape index (κ2) is 4.54. The van der Waals surface area contributed by atoms with Gasteiger partial charge < -0.3 is 15.2 Å². The number of allylic oxidation sites excluding steroid dienone is 1. The molecule has 0 radical (unpaired) electrons. The summed E-state index contributed by atoms with van der Waals surface area (Å²) in [5, 5.41) is 11.6. The highest BCUT2D eigenvalue weighted by atomic mass is 16.5. The van der Waals surface area contributed by atoms with Crippen molar-refractivity contribution in [3.63, 3.8) is 0 Å². The minimum absolute atomic E-state index is 0.0741. The first-order valence-corrected chi connectivity index (χ1v) is 4.23. The molecule has 72 valence electrons. The summed E-state index contributed by atoms with van der Waals surface area (Å²) in [6.45, 7) is 2.12. The summed E-state index contributed by atoms with van der Waals surface area (Å²) in [4.78, 5) is 10.9. The predicted molar refractivity (Wildman–Crippen MR) is 48.4 cm³/mol. The van der Waals surface area contributed by atoms with E-state index in [0.29, 0.717) is 13.0 Å². The average molecular weight is 183 g/mol. The van der Waals surface area contributed by atoms with Gasteiger partial charge in [-0.25, -0.2) is 4.79 Å². The second-order valence-corrected chi connectivity index (χ2v) is 2.70. The Labute approximate surface area is 76.9 Å².